The van der Waals surface area contributed by atoms with Gasteiger partial charge in [-0.05, 0) is 55.5 Å². The summed E-state index contributed by atoms with van der Waals surface area (Å²) in [6.07, 6.45) is 0. The second-order valence-electron chi connectivity index (χ2n) is 6.98. The highest BCUT2D eigenvalue weighted by atomic mass is 16.3. The lowest BCUT2D eigenvalue weighted by molar-refractivity contribution is 0.102. The van der Waals surface area contributed by atoms with Gasteiger partial charge in [-0.25, -0.2) is 4.85 Å². The molecule has 7 nitrogen and oxygen atoms in total. The van der Waals surface area contributed by atoms with E-state index in [9.17, 15) is 9.90 Å². The van der Waals surface area contributed by atoms with Crippen LogP contribution in [0.3, 0.4) is 0 Å². The van der Waals surface area contributed by atoms with Crippen molar-refractivity contribution in [3.63, 3.8) is 0 Å². The third-order valence-corrected chi connectivity index (χ3v) is 4.89. The average Bonchev–Trinajstić information content (AvgIpc) is 3.10. The van der Waals surface area contributed by atoms with Gasteiger partial charge in [0.2, 0.25) is 0 Å². The van der Waals surface area contributed by atoms with Gasteiger partial charge in [-0.15, -0.1) is 0 Å². The number of nitrogens with zero attached hydrogens (tertiary/aromatic N) is 2. The minimum Gasteiger partial charge on any atom is -0.494 e. The minimum absolute atomic E-state index is 0.00479. The molecule has 152 valence electrons. The number of aromatic hydroxyl groups is 1. The van der Waals surface area contributed by atoms with Crippen LogP contribution in [-0.4, -0.2) is 21.7 Å². The Morgan fingerprint density at radius 1 is 1.13 bits per heavy atom. The topological polar surface area (TPSA) is 108 Å². The van der Waals surface area contributed by atoms with Gasteiger partial charge in [0.25, 0.3) is 5.91 Å². The van der Waals surface area contributed by atoms with Crippen molar-refractivity contribution in [3.8, 4) is 5.88 Å². The molecule has 0 unspecified atom stereocenters. The van der Waals surface area contributed by atoms with Crippen LogP contribution >= 0.6 is 0 Å². The van der Waals surface area contributed by atoms with Crippen LogP contribution in [0.4, 0.5) is 22.7 Å². The molecule has 0 radical (unpaired) electrons. The van der Waals surface area contributed by atoms with Crippen LogP contribution < -0.4 is 11.1 Å². The predicted octanol–water partition coefficient (Wildman–Crippen LogP) is 5.40. The Hall–Kier alpha value is -4.57. The fourth-order valence-electron chi connectivity index (χ4n) is 3.34. The molecule has 7 heteroatoms. The SMILES string of the molecule is [C-]#[N+]c1ccc2[nH]c(O)c(C(C)=Nc3ccc(C(=O)Nc4ccccc4N)cc3)c2c1. The number of nitrogens with two attached hydrogens (primary N) is 1. The number of carbonyl (C=O) groups excluding carboxylic acids is 1. The first kappa shape index (κ1) is 19.7. The van der Waals surface area contributed by atoms with Crippen LogP contribution in [0.15, 0.2) is 71.7 Å². The van der Waals surface area contributed by atoms with E-state index in [4.69, 9.17) is 12.3 Å². The molecule has 4 aromatic rings. The molecule has 4 rings (SSSR count). The quantitative estimate of drug-likeness (QED) is 0.206. The summed E-state index contributed by atoms with van der Waals surface area (Å²) in [5, 5.41) is 13.9. The Balaban J connectivity index is 1.59. The second-order valence-corrected chi connectivity index (χ2v) is 6.98. The number of para-hydroxylation sites is 2. The van der Waals surface area contributed by atoms with Crippen molar-refractivity contribution < 1.29 is 9.90 Å². The number of aromatic nitrogens is 1. The molecule has 0 spiro atoms. The first-order chi connectivity index (χ1) is 15.0. The highest BCUT2D eigenvalue weighted by molar-refractivity contribution is 6.13. The highest BCUT2D eigenvalue weighted by Crippen LogP contribution is 2.32. The smallest absolute Gasteiger partial charge is 0.255 e. The summed E-state index contributed by atoms with van der Waals surface area (Å²) >= 11 is 0. The molecular formula is C24H19N5O2. The summed E-state index contributed by atoms with van der Waals surface area (Å²) in [7, 11) is 0. The zero-order valence-electron chi connectivity index (χ0n) is 16.7. The van der Waals surface area contributed by atoms with Crippen LogP contribution in [0.2, 0.25) is 0 Å². The molecule has 0 aliphatic carbocycles. The lowest BCUT2D eigenvalue weighted by Gasteiger charge is -2.08. The van der Waals surface area contributed by atoms with E-state index >= 15 is 0 Å². The number of hydrogen-bond donors (Lipinski definition) is 4. The van der Waals surface area contributed by atoms with Crippen molar-refractivity contribution in [2.45, 2.75) is 6.92 Å². The van der Waals surface area contributed by atoms with Crippen molar-refractivity contribution in [3.05, 3.63) is 89.3 Å². The van der Waals surface area contributed by atoms with Gasteiger partial charge in [0.1, 0.15) is 0 Å². The van der Waals surface area contributed by atoms with E-state index in [1.807, 2.05) is 0 Å². The Labute approximate surface area is 178 Å². The lowest BCUT2D eigenvalue weighted by atomic mass is 10.1. The van der Waals surface area contributed by atoms with Crippen molar-refractivity contribution >= 4 is 45.3 Å². The maximum atomic E-state index is 12.5. The number of fused-ring (bicyclic) bond motifs is 1. The molecule has 1 aromatic heterocycles. The standard InChI is InChI=1S/C24H19N5O2/c1-14(22-18-13-17(26-2)11-12-20(18)28-24(22)31)27-16-9-7-15(8-10-16)23(30)29-21-6-4-3-5-19(21)25/h3-13,28,31H,25H2,1H3,(H,29,30). The Morgan fingerprint density at radius 2 is 1.87 bits per heavy atom. The molecule has 0 fully saturated rings. The fourth-order valence-corrected chi connectivity index (χ4v) is 3.34. The van der Waals surface area contributed by atoms with Crippen molar-refractivity contribution in [2.24, 2.45) is 4.99 Å². The summed E-state index contributed by atoms with van der Waals surface area (Å²) in [5.74, 6) is -0.277. The summed E-state index contributed by atoms with van der Waals surface area (Å²) < 4.78 is 0. The largest absolute Gasteiger partial charge is 0.494 e. The molecule has 0 aliphatic rings. The van der Waals surface area contributed by atoms with Gasteiger partial charge in [-0.1, -0.05) is 18.2 Å². The molecule has 0 saturated heterocycles. The Bertz CT molecular complexity index is 1360. The van der Waals surface area contributed by atoms with E-state index in [1.54, 1.807) is 73.7 Å². The van der Waals surface area contributed by atoms with Gasteiger partial charge in [0.05, 0.1) is 34.9 Å². The molecule has 0 bridgehead atoms. The van der Waals surface area contributed by atoms with Crippen LogP contribution in [0.5, 0.6) is 5.88 Å². The van der Waals surface area contributed by atoms with E-state index in [2.05, 4.69) is 20.1 Å². The number of nitrogen functional groups attached to an aromatic ring is 1. The van der Waals surface area contributed by atoms with Crippen molar-refractivity contribution in [2.75, 3.05) is 11.1 Å². The Morgan fingerprint density at radius 3 is 2.58 bits per heavy atom. The van der Waals surface area contributed by atoms with Crippen LogP contribution in [-0.2, 0) is 0 Å². The number of benzene rings is 3. The maximum absolute atomic E-state index is 12.5. The van der Waals surface area contributed by atoms with E-state index in [1.165, 1.54) is 0 Å². The van der Waals surface area contributed by atoms with Crippen LogP contribution in [0.25, 0.3) is 15.7 Å². The van der Waals surface area contributed by atoms with Crippen molar-refractivity contribution in [1.29, 1.82) is 0 Å². The number of hydrogen-bond acceptors (Lipinski definition) is 4. The highest BCUT2D eigenvalue weighted by Gasteiger charge is 2.14. The molecule has 0 atom stereocenters. The number of H-pyrrole nitrogens is 1. The van der Waals surface area contributed by atoms with E-state index in [0.29, 0.717) is 39.6 Å². The van der Waals surface area contributed by atoms with E-state index in [-0.39, 0.29) is 11.8 Å². The van der Waals surface area contributed by atoms with Gasteiger partial charge in [0, 0.05) is 16.5 Å². The van der Waals surface area contributed by atoms with Gasteiger partial charge in [-0.2, -0.15) is 0 Å². The zero-order valence-corrected chi connectivity index (χ0v) is 16.7. The van der Waals surface area contributed by atoms with Crippen LogP contribution in [0.1, 0.15) is 22.8 Å². The van der Waals surface area contributed by atoms with Crippen LogP contribution in [0, 0.1) is 6.57 Å². The summed E-state index contributed by atoms with van der Waals surface area (Å²) in [6, 6.07) is 19.0. The Kier molecular flexibility index (Phi) is 5.12. The normalized spacial score (nSPS) is 11.3. The summed E-state index contributed by atoms with van der Waals surface area (Å²) in [5.41, 5.74) is 10.3. The maximum Gasteiger partial charge on any atom is 0.255 e. The molecular weight excluding hydrogens is 390 g/mol. The van der Waals surface area contributed by atoms with Crippen molar-refractivity contribution in [1.82, 2.24) is 4.98 Å². The third kappa shape index (κ3) is 3.95. The van der Waals surface area contributed by atoms with E-state index < -0.39 is 0 Å². The summed E-state index contributed by atoms with van der Waals surface area (Å²) in [6.45, 7) is 8.99. The molecule has 3 aromatic carbocycles. The number of amides is 1. The molecule has 5 N–H and O–H groups in total. The summed E-state index contributed by atoms with van der Waals surface area (Å²) in [4.78, 5) is 23.4. The number of carbonyl (C=O) groups is 1. The fraction of sp³-hybridized carbons (Fsp3) is 0.0417. The first-order valence-corrected chi connectivity index (χ1v) is 9.50. The number of aromatic amines is 1. The monoisotopic (exact) mass is 409 g/mol. The number of anilines is 2. The van der Waals surface area contributed by atoms with Gasteiger partial charge < -0.3 is 21.1 Å². The number of aliphatic imine (C=N–C) groups is 1. The van der Waals surface area contributed by atoms with Gasteiger partial charge >= 0.3 is 0 Å². The first-order valence-electron chi connectivity index (χ1n) is 9.50. The zero-order chi connectivity index (χ0) is 22.0. The second kappa shape index (κ2) is 8.05. The van der Waals surface area contributed by atoms with Gasteiger partial charge in [-0.3, -0.25) is 9.79 Å². The third-order valence-electron chi connectivity index (χ3n) is 4.89. The average molecular weight is 409 g/mol. The van der Waals surface area contributed by atoms with E-state index in [0.717, 1.165) is 10.9 Å². The molecule has 31 heavy (non-hydrogen) atoms. The number of rotatable bonds is 4. The molecule has 0 aliphatic heterocycles. The predicted molar refractivity (Wildman–Crippen MR) is 123 cm³/mol. The minimum atomic E-state index is -0.272. The molecule has 1 amide bonds. The number of nitrogens with one attached hydrogen (secondary N) is 2. The molecule has 1 heterocycles. The molecule has 0 saturated carbocycles. The lowest BCUT2D eigenvalue weighted by Crippen LogP contribution is -2.12. The van der Waals surface area contributed by atoms with Gasteiger partial charge in [0.15, 0.2) is 11.6 Å².